The van der Waals surface area contributed by atoms with E-state index in [4.69, 9.17) is 0 Å². The first kappa shape index (κ1) is 13.3. The average molecular weight is 257 g/mol. The average Bonchev–Trinajstić information content (AvgIpc) is 2.44. The first-order valence-corrected chi connectivity index (χ1v) is 6.43. The van der Waals surface area contributed by atoms with Gasteiger partial charge in [-0.1, -0.05) is 13.0 Å². The molecule has 0 aliphatic rings. The number of anilines is 2. The molecule has 2 aromatic rings. The fourth-order valence-electron chi connectivity index (χ4n) is 1.75. The van der Waals surface area contributed by atoms with Crippen LogP contribution in [0.15, 0.2) is 24.3 Å². The van der Waals surface area contributed by atoms with Crippen LogP contribution in [0.4, 0.5) is 11.6 Å². The number of nitrogens with one attached hydrogen (secondary N) is 2. The molecule has 5 heteroatoms. The van der Waals surface area contributed by atoms with E-state index in [-0.39, 0.29) is 0 Å². The van der Waals surface area contributed by atoms with Crippen LogP contribution in [0.5, 0.6) is 0 Å². The topological polar surface area (TPSA) is 62.7 Å². The van der Waals surface area contributed by atoms with E-state index in [1.165, 1.54) is 0 Å². The SMILES string of the molecule is CCc1nc(NC)cc(NCc2cccc(C)n2)n1. The van der Waals surface area contributed by atoms with Crippen molar-refractivity contribution in [2.75, 3.05) is 17.7 Å². The summed E-state index contributed by atoms with van der Waals surface area (Å²) in [5, 5.41) is 6.33. The highest BCUT2D eigenvalue weighted by molar-refractivity contribution is 5.47. The zero-order chi connectivity index (χ0) is 13.7. The van der Waals surface area contributed by atoms with E-state index in [1.54, 1.807) is 0 Å². The highest BCUT2D eigenvalue weighted by atomic mass is 15.1. The lowest BCUT2D eigenvalue weighted by atomic mass is 10.3. The molecular formula is C14H19N5. The van der Waals surface area contributed by atoms with Crippen molar-refractivity contribution in [2.24, 2.45) is 0 Å². The number of nitrogens with zero attached hydrogens (tertiary/aromatic N) is 3. The number of hydrogen-bond acceptors (Lipinski definition) is 5. The summed E-state index contributed by atoms with van der Waals surface area (Å²) in [4.78, 5) is 13.3. The van der Waals surface area contributed by atoms with Gasteiger partial charge in [0.15, 0.2) is 0 Å². The van der Waals surface area contributed by atoms with Gasteiger partial charge in [0.1, 0.15) is 17.5 Å². The van der Waals surface area contributed by atoms with Crippen LogP contribution in [-0.4, -0.2) is 22.0 Å². The standard InChI is InChI=1S/C14H19N5/c1-4-12-18-13(15-3)8-14(19-12)16-9-11-7-5-6-10(2)17-11/h5-8H,4,9H2,1-3H3,(H2,15,16,18,19). The summed E-state index contributed by atoms with van der Waals surface area (Å²) in [7, 11) is 1.85. The summed E-state index contributed by atoms with van der Waals surface area (Å²) < 4.78 is 0. The molecule has 0 bridgehead atoms. The third kappa shape index (κ3) is 3.64. The van der Waals surface area contributed by atoms with Gasteiger partial charge in [0.2, 0.25) is 0 Å². The fourth-order valence-corrected chi connectivity index (χ4v) is 1.75. The van der Waals surface area contributed by atoms with E-state index in [9.17, 15) is 0 Å². The first-order chi connectivity index (χ1) is 9.21. The van der Waals surface area contributed by atoms with Crippen molar-refractivity contribution >= 4 is 11.6 Å². The van der Waals surface area contributed by atoms with E-state index >= 15 is 0 Å². The van der Waals surface area contributed by atoms with Crippen LogP contribution in [0.2, 0.25) is 0 Å². The lowest BCUT2D eigenvalue weighted by molar-refractivity contribution is 0.927. The second kappa shape index (κ2) is 6.13. The first-order valence-electron chi connectivity index (χ1n) is 6.43. The second-order valence-electron chi connectivity index (χ2n) is 4.28. The highest BCUT2D eigenvalue weighted by Crippen LogP contribution is 2.12. The quantitative estimate of drug-likeness (QED) is 0.861. The van der Waals surface area contributed by atoms with Crippen molar-refractivity contribution in [3.8, 4) is 0 Å². The monoisotopic (exact) mass is 257 g/mol. The predicted octanol–water partition coefficient (Wildman–Crippen LogP) is 2.40. The minimum atomic E-state index is 0.658. The molecule has 19 heavy (non-hydrogen) atoms. The predicted molar refractivity (Wildman–Crippen MR) is 77.3 cm³/mol. The van der Waals surface area contributed by atoms with Gasteiger partial charge < -0.3 is 10.6 Å². The number of hydrogen-bond donors (Lipinski definition) is 2. The molecule has 2 rings (SSSR count). The maximum Gasteiger partial charge on any atom is 0.132 e. The minimum absolute atomic E-state index is 0.658. The summed E-state index contributed by atoms with van der Waals surface area (Å²) in [6.07, 6.45) is 0.812. The number of pyridine rings is 1. The fraction of sp³-hybridized carbons (Fsp3) is 0.357. The van der Waals surface area contributed by atoms with Gasteiger partial charge in [-0.15, -0.1) is 0 Å². The van der Waals surface area contributed by atoms with Gasteiger partial charge in [0.05, 0.1) is 12.2 Å². The van der Waals surface area contributed by atoms with E-state index in [1.807, 2.05) is 45.2 Å². The number of aryl methyl sites for hydroxylation is 2. The molecule has 0 saturated heterocycles. The second-order valence-corrected chi connectivity index (χ2v) is 4.28. The van der Waals surface area contributed by atoms with Gasteiger partial charge in [-0.05, 0) is 19.1 Å². The normalized spacial score (nSPS) is 10.3. The molecule has 5 nitrogen and oxygen atoms in total. The Hall–Kier alpha value is -2.17. The van der Waals surface area contributed by atoms with Crippen molar-refractivity contribution in [2.45, 2.75) is 26.8 Å². The molecule has 0 aliphatic heterocycles. The lowest BCUT2D eigenvalue weighted by Gasteiger charge is -2.09. The number of aromatic nitrogens is 3. The maximum atomic E-state index is 4.45. The van der Waals surface area contributed by atoms with Crippen LogP contribution in [0.1, 0.15) is 24.1 Å². The molecular weight excluding hydrogens is 238 g/mol. The van der Waals surface area contributed by atoms with Crippen LogP contribution in [0.3, 0.4) is 0 Å². The van der Waals surface area contributed by atoms with Crippen molar-refractivity contribution in [3.05, 3.63) is 41.5 Å². The van der Waals surface area contributed by atoms with Crippen molar-refractivity contribution < 1.29 is 0 Å². The summed E-state index contributed by atoms with van der Waals surface area (Å²) in [5.74, 6) is 2.47. The van der Waals surface area contributed by atoms with Crippen molar-refractivity contribution in [3.63, 3.8) is 0 Å². The highest BCUT2D eigenvalue weighted by Gasteiger charge is 2.03. The molecule has 2 aromatic heterocycles. The summed E-state index contributed by atoms with van der Waals surface area (Å²) >= 11 is 0. The van der Waals surface area contributed by atoms with E-state index in [0.29, 0.717) is 6.54 Å². The molecule has 0 spiro atoms. The third-order valence-electron chi connectivity index (χ3n) is 2.74. The Labute approximate surface area is 113 Å². The molecule has 0 unspecified atom stereocenters. The molecule has 2 heterocycles. The zero-order valence-corrected chi connectivity index (χ0v) is 11.6. The maximum absolute atomic E-state index is 4.45. The van der Waals surface area contributed by atoms with Crippen molar-refractivity contribution in [1.82, 2.24) is 15.0 Å². The van der Waals surface area contributed by atoms with E-state index in [2.05, 4.69) is 25.6 Å². The summed E-state index contributed by atoms with van der Waals surface area (Å²) in [5.41, 5.74) is 2.02. The molecule has 0 aliphatic carbocycles. The van der Waals surface area contributed by atoms with Gasteiger partial charge in [-0.2, -0.15) is 0 Å². The Morgan fingerprint density at radius 1 is 1.11 bits per heavy atom. The van der Waals surface area contributed by atoms with E-state index < -0.39 is 0 Å². The van der Waals surface area contributed by atoms with Gasteiger partial charge in [0, 0.05) is 25.2 Å². The minimum Gasteiger partial charge on any atom is -0.373 e. The Bertz CT molecular complexity index is 531. The molecule has 0 amide bonds. The third-order valence-corrected chi connectivity index (χ3v) is 2.74. The largest absolute Gasteiger partial charge is 0.373 e. The van der Waals surface area contributed by atoms with Gasteiger partial charge in [-0.3, -0.25) is 4.98 Å². The Balaban J connectivity index is 2.10. The van der Waals surface area contributed by atoms with Crippen LogP contribution in [-0.2, 0) is 13.0 Å². The molecule has 0 atom stereocenters. The van der Waals surface area contributed by atoms with Gasteiger partial charge >= 0.3 is 0 Å². The molecule has 0 radical (unpaired) electrons. The number of rotatable bonds is 5. The van der Waals surface area contributed by atoms with Gasteiger partial charge in [-0.25, -0.2) is 9.97 Å². The molecule has 0 fully saturated rings. The summed E-state index contributed by atoms with van der Waals surface area (Å²) in [6, 6.07) is 7.90. The van der Waals surface area contributed by atoms with Crippen LogP contribution in [0.25, 0.3) is 0 Å². The van der Waals surface area contributed by atoms with Crippen molar-refractivity contribution in [1.29, 1.82) is 0 Å². The van der Waals surface area contributed by atoms with Crippen LogP contribution >= 0.6 is 0 Å². The molecule has 0 aromatic carbocycles. The molecule has 100 valence electrons. The Morgan fingerprint density at radius 2 is 1.89 bits per heavy atom. The molecule has 2 N–H and O–H groups in total. The molecule has 0 saturated carbocycles. The smallest absolute Gasteiger partial charge is 0.132 e. The Kier molecular flexibility index (Phi) is 4.28. The Morgan fingerprint density at radius 3 is 2.58 bits per heavy atom. The summed E-state index contributed by atoms with van der Waals surface area (Å²) in [6.45, 7) is 4.69. The van der Waals surface area contributed by atoms with Crippen LogP contribution in [0, 0.1) is 6.92 Å². The zero-order valence-electron chi connectivity index (χ0n) is 11.6. The van der Waals surface area contributed by atoms with Gasteiger partial charge in [0.25, 0.3) is 0 Å². The van der Waals surface area contributed by atoms with E-state index in [0.717, 1.165) is 35.3 Å². The van der Waals surface area contributed by atoms with Crippen LogP contribution < -0.4 is 10.6 Å². The lowest BCUT2D eigenvalue weighted by Crippen LogP contribution is -2.07.